The third-order valence-electron chi connectivity index (χ3n) is 3.30. The molecular formula is C14H18N2. The Morgan fingerprint density at radius 3 is 2.81 bits per heavy atom. The Kier molecular flexibility index (Phi) is 2.25. The number of aromatic amines is 1. The van der Waals surface area contributed by atoms with E-state index < -0.39 is 0 Å². The molecule has 84 valence electrons. The summed E-state index contributed by atoms with van der Waals surface area (Å²) in [6.45, 7) is 5.30. The van der Waals surface area contributed by atoms with Crippen LogP contribution in [0.15, 0.2) is 18.2 Å². The standard InChI is InChI=1S/C14H18N2/c1-9-5-10(2)13-7-12(16-14(13)6-9)8-15-11-3-4-11/h5-7,11,15-16H,3-4,8H2,1-2H3. The molecule has 0 bridgehead atoms. The van der Waals surface area contributed by atoms with E-state index in [4.69, 9.17) is 0 Å². The first-order valence-electron chi connectivity index (χ1n) is 6.04. The summed E-state index contributed by atoms with van der Waals surface area (Å²) in [5.74, 6) is 0. The van der Waals surface area contributed by atoms with Gasteiger partial charge in [-0.2, -0.15) is 0 Å². The van der Waals surface area contributed by atoms with Crippen LogP contribution in [-0.4, -0.2) is 11.0 Å². The fourth-order valence-corrected chi connectivity index (χ4v) is 2.29. The van der Waals surface area contributed by atoms with Crippen molar-refractivity contribution >= 4 is 10.9 Å². The fourth-order valence-electron chi connectivity index (χ4n) is 2.29. The molecule has 0 radical (unpaired) electrons. The molecule has 1 aliphatic carbocycles. The first-order chi connectivity index (χ1) is 7.72. The molecule has 2 N–H and O–H groups in total. The van der Waals surface area contributed by atoms with Crippen molar-refractivity contribution in [1.29, 1.82) is 0 Å². The molecule has 2 heteroatoms. The summed E-state index contributed by atoms with van der Waals surface area (Å²) < 4.78 is 0. The topological polar surface area (TPSA) is 27.8 Å². The normalized spacial score (nSPS) is 15.9. The average Bonchev–Trinajstić information content (AvgIpc) is 2.96. The Bertz CT molecular complexity index is 521. The molecule has 0 spiro atoms. The second-order valence-electron chi connectivity index (χ2n) is 4.99. The highest BCUT2D eigenvalue weighted by Crippen LogP contribution is 2.23. The first-order valence-corrected chi connectivity index (χ1v) is 6.04. The number of aryl methyl sites for hydroxylation is 2. The molecule has 1 aromatic heterocycles. The van der Waals surface area contributed by atoms with Gasteiger partial charge in [0.25, 0.3) is 0 Å². The molecule has 2 aromatic rings. The van der Waals surface area contributed by atoms with Gasteiger partial charge in [0.15, 0.2) is 0 Å². The number of nitrogens with one attached hydrogen (secondary N) is 2. The van der Waals surface area contributed by atoms with E-state index in [1.165, 1.54) is 40.6 Å². The van der Waals surface area contributed by atoms with Gasteiger partial charge < -0.3 is 10.3 Å². The molecule has 0 unspecified atom stereocenters. The Hall–Kier alpha value is -1.28. The van der Waals surface area contributed by atoms with E-state index in [0.29, 0.717) is 0 Å². The summed E-state index contributed by atoms with van der Waals surface area (Å²) in [6.07, 6.45) is 2.69. The molecule has 0 aliphatic heterocycles. The van der Waals surface area contributed by atoms with Gasteiger partial charge >= 0.3 is 0 Å². The van der Waals surface area contributed by atoms with E-state index in [1.54, 1.807) is 0 Å². The predicted octanol–water partition coefficient (Wildman–Crippen LogP) is 3.04. The molecule has 0 atom stereocenters. The van der Waals surface area contributed by atoms with E-state index in [0.717, 1.165) is 12.6 Å². The van der Waals surface area contributed by atoms with Crippen molar-refractivity contribution in [3.8, 4) is 0 Å². The molecule has 0 amide bonds. The third-order valence-corrected chi connectivity index (χ3v) is 3.30. The highest BCUT2D eigenvalue weighted by Gasteiger charge is 2.20. The van der Waals surface area contributed by atoms with Crippen LogP contribution in [0.3, 0.4) is 0 Å². The zero-order valence-corrected chi connectivity index (χ0v) is 9.93. The van der Waals surface area contributed by atoms with E-state index in [2.05, 4.69) is 42.3 Å². The lowest BCUT2D eigenvalue weighted by molar-refractivity contribution is 0.678. The molecule has 1 aliphatic rings. The average molecular weight is 214 g/mol. The number of hydrogen-bond donors (Lipinski definition) is 2. The van der Waals surface area contributed by atoms with Crippen LogP contribution < -0.4 is 5.32 Å². The summed E-state index contributed by atoms with van der Waals surface area (Å²) in [5.41, 5.74) is 5.26. The van der Waals surface area contributed by atoms with Crippen LogP contribution in [0.4, 0.5) is 0 Å². The Balaban J connectivity index is 1.91. The minimum Gasteiger partial charge on any atom is -0.357 e. The highest BCUT2D eigenvalue weighted by atomic mass is 15.0. The van der Waals surface area contributed by atoms with E-state index in [-0.39, 0.29) is 0 Å². The maximum atomic E-state index is 3.54. The van der Waals surface area contributed by atoms with Crippen molar-refractivity contribution in [2.24, 2.45) is 0 Å². The van der Waals surface area contributed by atoms with Crippen LogP contribution in [0.1, 0.15) is 29.7 Å². The summed E-state index contributed by atoms with van der Waals surface area (Å²) in [4.78, 5) is 3.50. The van der Waals surface area contributed by atoms with Crippen molar-refractivity contribution < 1.29 is 0 Å². The molecule has 1 heterocycles. The Morgan fingerprint density at radius 2 is 2.06 bits per heavy atom. The Morgan fingerprint density at radius 1 is 1.25 bits per heavy atom. The summed E-state index contributed by atoms with van der Waals surface area (Å²) in [7, 11) is 0. The molecule has 1 fully saturated rings. The lowest BCUT2D eigenvalue weighted by atomic mass is 10.1. The second kappa shape index (κ2) is 3.63. The first kappa shape index (κ1) is 9.91. The van der Waals surface area contributed by atoms with Gasteiger partial charge in [-0.05, 0) is 49.9 Å². The third kappa shape index (κ3) is 1.85. The van der Waals surface area contributed by atoms with E-state index >= 15 is 0 Å². The van der Waals surface area contributed by atoms with Gasteiger partial charge in [-0.15, -0.1) is 0 Å². The van der Waals surface area contributed by atoms with E-state index in [9.17, 15) is 0 Å². The van der Waals surface area contributed by atoms with Gasteiger partial charge in [-0.1, -0.05) is 6.07 Å². The molecule has 1 saturated carbocycles. The van der Waals surface area contributed by atoms with Crippen LogP contribution in [0, 0.1) is 13.8 Å². The van der Waals surface area contributed by atoms with Gasteiger partial charge in [0.2, 0.25) is 0 Å². The number of benzene rings is 1. The van der Waals surface area contributed by atoms with Crippen molar-refractivity contribution in [1.82, 2.24) is 10.3 Å². The van der Waals surface area contributed by atoms with Gasteiger partial charge in [0.1, 0.15) is 0 Å². The number of fused-ring (bicyclic) bond motifs is 1. The van der Waals surface area contributed by atoms with Crippen molar-refractivity contribution in [2.75, 3.05) is 0 Å². The number of rotatable bonds is 3. The van der Waals surface area contributed by atoms with Gasteiger partial charge in [-0.3, -0.25) is 0 Å². The zero-order valence-electron chi connectivity index (χ0n) is 9.93. The van der Waals surface area contributed by atoms with Crippen LogP contribution in [0.25, 0.3) is 10.9 Å². The van der Waals surface area contributed by atoms with Crippen LogP contribution in [0.2, 0.25) is 0 Å². The summed E-state index contributed by atoms with van der Waals surface area (Å²) >= 11 is 0. The van der Waals surface area contributed by atoms with Crippen molar-refractivity contribution in [2.45, 2.75) is 39.3 Å². The van der Waals surface area contributed by atoms with Crippen molar-refractivity contribution in [3.63, 3.8) is 0 Å². The number of hydrogen-bond acceptors (Lipinski definition) is 1. The zero-order chi connectivity index (χ0) is 11.1. The molecule has 16 heavy (non-hydrogen) atoms. The summed E-state index contributed by atoms with van der Waals surface area (Å²) in [6, 6.07) is 7.52. The second-order valence-corrected chi connectivity index (χ2v) is 4.99. The van der Waals surface area contributed by atoms with Gasteiger partial charge in [0.05, 0.1) is 0 Å². The SMILES string of the molecule is Cc1cc(C)c2cc(CNC3CC3)[nH]c2c1. The highest BCUT2D eigenvalue weighted by molar-refractivity contribution is 5.84. The Labute approximate surface area is 96.1 Å². The monoisotopic (exact) mass is 214 g/mol. The van der Waals surface area contributed by atoms with Gasteiger partial charge in [-0.25, -0.2) is 0 Å². The van der Waals surface area contributed by atoms with E-state index in [1.807, 2.05) is 0 Å². The fraction of sp³-hybridized carbons (Fsp3) is 0.429. The lowest BCUT2D eigenvalue weighted by Gasteiger charge is -1.98. The van der Waals surface area contributed by atoms with Crippen LogP contribution >= 0.6 is 0 Å². The van der Waals surface area contributed by atoms with Crippen LogP contribution in [0.5, 0.6) is 0 Å². The minimum atomic E-state index is 0.772. The molecule has 0 saturated heterocycles. The minimum absolute atomic E-state index is 0.772. The quantitative estimate of drug-likeness (QED) is 0.807. The predicted molar refractivity (Wildman–Crippen MR) is 67.6 cm³/mol. The number of aromatic nitrogens is 1. The maximum Gasteiger partial charge on any atom is 0.0461 e. The van der Waals surface area contributed by atoms with Crippen LogP contribution in [-0.2, 0) is 6.54 Å². The number of H-pyrrole nitrogens is 1. The maximum absolute atomic E-state index is 3.54. The molecule has 1 aromatic carbocycles. The van der Waals surface area contributed by atoms with Gasteiger partial charge in [0, 0.05) is 29.2 Å². The smallest absolute Gasteiger partial charge is 0.0461 e. The largest absolute Gasteiger partial charge is 0.357 e. The lowest BCUT2D eigenvalue weighted by Crippen LogP contribution is -2.15. The molecule has 3 rings (SSSR count). The molecule has 2 nitrogen and oxygen atoms in total. The van der Waals surface area contributed by atoms with Crippen molar-refractivity contribution in [3.05, 3.63) is 35.0 Å². The molecular weight excluding hydrogens is 196 g/mol. The summed E-state index contributed by atoms with van der Waals surface area (Å²) in [5, 5.41) is 4.90.